The van der Waals surface area contributed by atoms with Gasteiger partial charge in [0.15, 0.2) is 0 Å². The summed E-state index contributed by atoms with van der Waals surface area (Å²) in [6.07, 6.45) is 1.77. The number of nitrogens with zero attached hydrogens (tertiary/aromatic N) is 1. The molecule has 0 aliphatic heterocycles. The molecule has 0 aliphatic rings. The lowest BCUT2D eigenvalue weighted by molar-refractivity contribution is 0.296. The maximum Gasteiger partial charge on any atom is 0.253 e. The lowest BCUT2D eigenvalue weighted by Crippen LogP contribution is -2.23. The molecular formula is C17H18N2O2. The number of aryl methyl sites for hydroxylation is 1. The summed E-state index contributed by atoms with van der Waals surface area (Å²) in [4.78, 5) is 11.9. The van der Waals surface area contributed by atoms with E-state index in [-0.39, 0.29) is 5.56 Å². The van der Waals surface area contributed by atoms with Crippen LogP contribution in [0, 0.1) is 18.8 Å². The second-order valence-corrected chi connectivity index (χ2v) is 4.57. The van der Waals surface area contributed by atoms with Gasteiger partial charge in [-0.3, -0.25) is 4.79 Å². The van der Waals surface area contributed by atoms with Crippen LogP contribution in [-0.4, -0.2) is 17.7 Å². The standard InChI is InChI=1S/C17H18N2O2/c1-14-5-4-10-19(17(14)20)11-12-21-16-8-2-6-15(13-16)7-3-9-18/h2,4-6,8,10,13H,9,11-12,18H2,1H3. The molecule has 1 aromatic carbocycles. The number of benzene rings is 1. The molecule has 2 rings (SSSR count). The fourth-order valence-corrected chi connectivity index (χ4v) is 1.91. The Kier molecular flexibility index (Phi) is 5.19. The van der Waals surface area contributed by atoms with Gasteiger partial charge in [0.1, 0.15) is 12.4 Å². The van der Waals surface area contributed by atoms with Crippen LogP contribution in [0.5, 0.6) is 5.75 Å². The van der Waals surface area contributed by atoms with Gasteiger partial charge in [-0.25, -0.2) is 0 Å². The fraction of sp³-hybridized carbons (Fsp3) is 0.235. The van der Waals surface area contributed by atoms with Crippen LogP contribution in [-0.2, 0) is 6.54 Å². The normalized spacial score (nSPS) is 9.81. The first-order valence-corrected chi connectivity index (χ1v) is 6.78. The zero-order chi connectivity index (χ0) is 15.1. The molecule has 4 heteroatoms. The minimum absolute atomic E-state index is 0.0173. The van der Waals surface area contributed by atoms with Crippen LogP contribution in [0.15, 0.2) is 47.4 Å². The Morgan fingerprint density at radius 3 is 2.95 bits per heavy atom. The summed E-state index contributed by atoms with van der Waals surface area (Å²) >= 11 is 0. The Morgan fingerprint density at radius 1 is 1.29 bits per heavy atom. The molecule has 0 radical (unpaired) electrons. The Morgan fingerprint density at radius 2 is 2.14 bits per heavy atom. The van der Waals surface area contributed by atoms with Gasteiger partial charge in [0.05, 0.1) is 13.1 Å². The molecular weight excluding hydrogens is 264 g/mol. The molecule has 108 valence electrons. The number of rotatable bonds is 4. The van der Waals surface area contributed by atoms with Crippen LogP contribution in [0.3, 0.4) is 0 Å². The molecule has 0 spiro atoms. The number of aromatic nitrogens is 1. The SMILES string of the molecule is Cc1cccn(CCOc2cccc(C#CCN)c2)c1=O. The van der Waals surface area contributed by atoms with Gasteiger partial charge in [-0.05, 0) is 31.2 Å². The van der Waals surface area contributed by atoms with Crippen molar-refractivity contribution in [3.05, 3.63) is 64.1 Å². The zero-order valence-corrected chi connectivity index (χ0v) is 12.0. The van der Waals surface area contributed by atoms with E-state index in [2.05, 4.69) is 11.8 Å². The highest BCUT2D eigenvalue weighted by Crippen LogP contribution is 2.12. The highest BCUT2D eigenvalue weighted by molar-refractivity contribution is 5.39. The van der Waals surface area contributed by atoms with Gasteiger partial charge in [-0.2, -0.15) is 0 Å². The Labute approximate surface area is 124 Å². The number of hydrogen-bond donors (Lipinski definition) is 1. The predicted octanol–water partition coefficient (Wildman–Crippen LogP) is 1.55. The molecule has 0 bridgehead atoms. The fourth-order valence-electron chi connectivity index (χ4n) is 1.91. The van der Waals surface area contributed by atoms with Crippen LogP contribution in [0.2, 0.25) is 0 Å². The minimum Gasteiger partial charge on any atom is -0.492 e. The van der Waals surface area contributed by atoms with Gasteiger partial charge in [-0.15, -0.1) is 0 Å². The molecule has 21 heavy (non-hydrogen) atoms. The highest BCUT2D eigenvalue weighted by Gasteiger charge is 1.99. The molecule has 0 aliphatic carbocycles. The summed E-state index contributed by atoms with van der Waals surface area (Å²) in [7, 11) is 0. The number of ether oxygens (including phenoxy) is 1. The van der Waals surface area contributed by atoms with E-state index in [4.69, 9.17) is 10.5 Å². The molecule has 2 N–H and O–H groups in total. The van der Waals surface area contributed by atoms with Crippen LogP contribution in [0.25, 0.3) is 0 Å². The summed E-state index contributed by atoms with van der Waals surface area (Å²) in [6.45, 7) is 3.08. The molecule has 1 aromatic heterocycles. The molecule has 0 unspecified atom stereocenters. The second-order valence-electron chi connectivity index (χ2n) is 4.57. The van der Waals surface area contributed by atoms with Crippen molar-refractivity contribution in [3.8, 4) is 17.6 Å². The Bertz CT molecular complexity index is 723. The topological polar surface area (TPSA) is 57.2 Å². The minimum atomic E-state index is 0.0173. The van der Waals surface area contributed by atoms with Gasteiger partial charge in [0.25, 0.3) is 5.56 Å². The van der Waals surface area contributed by atoms with Crippen LogP contribution in [0.4, 0.5) is 0 Å². The summed E-state index contributed by atoms with van der Waals surface area (Å²) < 4.78 is 7.31. The van der Waals surface area contributed by atoms with E-state index in [0.29, 0.717) is 19.7 Å². The predicted molar refractivity (Wildman–Crippen MR) is 83.3 cm³/mol. The smallest absolute Gasteiger partial charge is 0.253 e. The molecule has 0 saturated carbocycles. The maximum atomic E-state index is 11.9. The van der Waals surface area contributed by atoms with E-state index in [1.165, 1.54) is 0 Å². The molecule has 0 fully saturated rings. The largest absolute Gasteiger partial charge is 0.492 e. The van der Waals surface area contributed by atoms with Gasteiger partial charge in [-0.1, -0.05) is 24.0 Å². The highest BCUT2D eigenvalue weighted by atomic mass is 16.5. The summed E-state index contributed by atoms with van der Waals surface area (Å²) in [5.41, 5.74) is 6.96. The van der Waals surface area contributed by atoms with E-state index < -0.39 is 0 Å². The molecule has 1 heterocycles. The van der Waals surface area contributed by atoms with Gasteiger partial charge < -0.3 is 15.0 Å². The summed E-state index contributed by atoms with van der Waals surface area (Å²) in [5, 5.41) is 0. The van der Waals surface area contributed by atoms with E-state index >= 15 is 0 Å². The molecule has 0 saturated heterocycles. The van der Waals surface area contributed by atoms with E-state index in [1.807, 2.05) is 30.3 Å². The first-order valence-electron chi connectivity index (χ1n) is 6.78. The molecule has 4 nitrogen and oxygen atoms in total. The van der Waals surface area contributed by atoms with Crippen molar-refractivity contribution in [2.45, 2.75) is 13.5 Å². The number of hydrogen-bond acceptors (Lipinski definition) is 3. The van der Waals surface area contributed by atoms with Crippen molar-refractivity contribution in [1.29, 1.82) is 0 Å². The van der Waals surface area contributed by atoms with Crippen molar-refractivity contribution >= 4 is 0 Å². The Balaban J connectivity index is 1.97. The van der Waals surface area contributed by atoms with Crippen LogP contribution < -0.4 is 16.0 Å². The first kappa shape index (κ1) is 14.9. The van der Waals surface area contributed by atoms with E-state index in [0.717, 1.165) is 16.9 Å². The van der Waals surface area contributed by atoms with E-state index in [9.17, 15) is 4.79 Å². The first-order chi connectivity index (χ1) is 10.2. The zero-order valence-electron chi connectivity index (χ0n) is 12.0. The third-order valence-corrected chi connectivity index (χ3v) is 2.98. The Hall–Kier alpha value is -2.51. The quantitative estimate of drug-likeness (QED) is 0.866. The number of nitrogens with two attached hydrogens (primary N) is 1. The third-order valence-electron chi connectivity index (χ3n) is 2.98. The molecule has 0 amide bonds. The molecule has 2 aromatic rings. The average molecular weight is 282 g/mol. The van der Waals surface area contributed by atoms with Crippen molar-refractivity contribution in [1.82, 2.24) is 4.57 Å². The number of pyridine rings is 1. The van der Waals surface area contributed by atoms with Crippen molar-refractivity contribution in [2.24, 2.45) is 5.73 Å². The second kappa shape index (κ2) is 7.32. The van der Waals surface area contributed by atoms with Gasteiger partial charge in [0, 0.05) is 17.3 Å². The van der Waals surface area contributed by atoms with E-state index in [1.54, 1.807) is 23.8 Å². The maximum absolute atomic E-state index is 11.9. The lowest BCUT2D eigenvalue weighted by atomic mass is 10.2. The molecule has 0 atom stereocenters. The summed E-state index contributed by atoms with van der Waals surface area (Å²) in [5.74, 6) is 6.50. The lowest BCUT2D eigenvalue weighted by Gasteiger charge is -2.09. The van der Waals surface area contributed by atoms with Gasteiger partial charge >= 0.3 is 0 Å². The van der Waals surface area contributed by atoms with Crippen LogP contribution in [0.1, 0.15) is 11.1 Å². The van der Waals surface area contributed by atoms with Crippen molar-refractivity contribution < 1.29 is 4.74 Å². The third kappa shape index (κ3) is 4.23. The monoisotopic (exact) mass is 282 g/mol. The average Bonchev–Trinajstić information content (AvgIpc) is 2.50. The van der Waals surface area contributed by atoms with Crippen molar-refractivity contribution in [3.63, 3.8) is 0 Å². The van der Waals surface area contributed by atoms with Gasteiger partial charge in [0.2, 0.25) is 0 Å². The van der Waals surface area contributed by atoms with Crippen LogP contribution >= 0.6 is 0 Å². The van der Waals surface area contributed by atoms with Crippen molar-refractivity contribution in [2.75, 3.05) is 13.2 Å². The summed E-state index contributed by atoms with van der Waals surface area (Å²) in [6, 6.07) is 11.2.